The zero-order chi connectivity index (χ0) is 12.0. The Morgan fingerprint density at radius 3 is 2.69 bits per heavy atom. The summed E-state index contributed by atoms with van der Waals surface area (Å²) < 4.78 is 6.61. The average Bonchev–Trinajstić information content (AvgIpc) is 2.30. The molecule has 1 aromatic heterocycles. The van der Waals surface area contributed by atoms with Gasteiger partial charge in [0.1, 0.15) is 6.61 Å². The highest BCUT2D eigenvalue weighted by atomic mass is 79.9. The molecule has 0 aliphatic heterocycles. The standard InChI is InChI=1S/C12H19BrN2O/c1-4-15(5-2)8-9-16-12-11(13)10(3)6-7-14-12/h6-7H,4-5,8-9H2,1-3H3. The van der Waals surface area contributed by atoms with Crippen molar-refractivity contribution in [3.05, 3.63) is 22.3 Å². The third kappa shape index (κ3) is 3.76. The zero-order valence-corrected chi connectivity index (χ0v) is 11.7. The first-order chi connectivity index (χ1) is 7.69. The summed E-state index contributed by atoms with van der Waals surface area (Å²) in [5.41, 5.74) is 1.15. The van der Waals surface area contributed by atoms with E-state index in [9.17, 15) is 0 Å². The van der Waals surface area contributed by atoms with Crippen LogP contribution in [0.25, 0.3) is 0 Å². The number of aryl methyl sites for hydroxylation is 1. The number of aromatic nitrogens is 1. The van der Waals surface area contributed by atoms with E-state index in [4.69, 9.17) is 4.74 Å². The van der Waals surface area contributed by atoms with Gasteiger partial charge < -0.3 is 9.64 Å². The largest absolute Gasteiger partial charge is 0.475 e. The van der Waals surface area contributed by atoms with E-state index in [1.54, 1.807) is 6.20 Å². The SMILES string of the molecule is CCN(CC)CCOc1nccc(C)c1Br. The van der Waals surface area contributed by atoms with Crippen LogP contribution >= 0.6 is 15.9 Å². The Balaban J connectivity index is 2.46. The monoisotopic (exact) mass is 286 g/mol. The summed E-state index contributed by atoms with van der Waals surface area (Å²) in [7, 11) is 0. The van der Waals surface area contributed by atoms with Crippen LogP contribution in [-0.2, 0) is 0 Å². The zero-order valence-electron chi connectivity index (χ0n) is 10.2. The van der Waals surface area contributed by atoms with E-state index in [2.05, 4.69) is 39.7 Å². The summed E-state index contributed by atoms with van der Waals surface area (Å²) in [5.74, 6) is 0.687. The Labute approximate surface area is 106 Å². The van der Waals surface area contributed by atoms with Crippen molar-refractivity contribution in [1.29, 1.82) is 0 Å². The van der Waals surface area contributed by atoms with Gasteiger partial charge in [-0.2, -0.15) is 0 Å². The Bertz CT molecular complexity index is 327. The molecule has 0 fully saturated rings. The molecule has 0 unspecified atom stereocenters. The molecule has 0 N–H and O–H groups in total. The molecule has 90 valence electrons. The predicted molar refractivity (Wildman–Crippen MR) is 70.0 cm³/mol. The second kappa shape index (κ2) is 6.86. The average molecular weight is 287 g/mol. The van der Waals surface area contributed by atoms with Crippen LogP contribution in [0, 0.1) is 6.92 Å². The number of hydrogen-bond donors (Lipinski definition) is 0. The van der Waals surface area contributed by atoms with Gasteiger partial charge >= 0.3 is 0 Å². The quantitative estimate of drug-likeness (QED) is 0.804. The van der Waals surface area contributed by atoms with E-state index in [0.29, 0.717) is 12.5 Å². The minimum Gasteiger partial charge on any atom is -0.475 e. The van der Waals surface area contributed by atoms with Crippen LogP contribution in [0.1, 0.15) is 19.4 Å². The van der Waals surface area contributed by atoms with Crippen LogP contribution in [0.5, 0.6) is 5.88 Å². The van der Waals surface area contributed by atoms with Crippen molar-refractivity contribution in [2.24, 2.45) is 0 Å². The van der Waals surface area contributed by atoms with E-state index in [1.165, 1.54) is 0 Å². The van der Waals surface area contributed by atoms with Crippen molar-refractivity contribution in [3.63, 3.8) is 0 Å². The van der Waals surface area contributed by atoms with Crippen molar-refractivity contribution in [2.45, 2.75) is 20.8 Å². The molecule has 0 radical (unpaired) electrons. The molecule has 0 aromatic carbocycles. The first-order valence-corrected chi connectivity index (χ1v) is 6.44. The predicted octanol–water partition coefficient (Wildman–Crippen LogP) is 2.87. The highest BCUT2D eigenvalue weighted by molar-refractivity contribution is 9.10. The van der Waals surface area contributed by atoms with Crippen molar-refractivity contribution in [2.75, 3.05) is 26.2 Å². The number of ether oxygens (including phenoxy) is 1. The molecule has 3 nitrogen and oxygen atoms in total. The summed E-state index contributed by atoms with van der Waals surface area (Å²) in [6.07, 6.45) is 1.77. The van der Waals surface area contributed by atoms with Crippen LogP contribution in [0.2, 0.25) is 0 Å². The van der Waals surface area contributed by atoms with Crippen LogP contribution in [0.4, 0.5) is 0 Å². The molecule has 1 rings (SSSR count). The maximum atomic E-state index is 5.65. The normalized spacial score (nSPS) is 10.8. The van der Waals surface area contributed by atoms with E-state index < -0.39 is 0 Å². The minimum atomic E-state index is 0.677. The van der Waals surface area contributed by atoms with Gasteiger partial charge in [0, 0.05) is 12.7 Å². The molecule has 0 amide bonds. The summed E-state index contributed by atoms with van der Waals surface area (Å²) in [6, 6.07) is 1.96. The van der Waals surface area contributed by atoms with Crippen molar-refractivity contribution >= 4 is 15.9 Å². The molecule has 0 bridgehead atoms. The number of halogens is 1. The Hall–Kier alpha value is -0.610. The second-order valence-electron chi connectivity index (χ2n) is 3.62. The van der Waals surface area contributed by atoms with Gasteiger partial charge in [0.2, 0.25) is 5.88 Å². The first kappa shape index (κ1) is 13.5. The Morgan fingerprint density at radius 2 is 2.06 bits per heavy atom. The molecule has 1 heterocycles. The van der Waals surface area contributed by atoms with Crippen molar-refractivity contribution in [3.8, 4) is 5.88 Å². The van der Waals surface area contributed by atoms with Crippen LogP contribution in [-0.4, -0.2) is 36.1 Å². The maximum absolute atomic E-state index is 5.65. The highest BCUT2D eigenvalue weighted by Crippen LogP contribution is 2.25. The topological polar surface area (TPSA) is 25.4 Å². The van der Waals surface area contributed by atoms with Gasteiger partial charge in [0.15, 0.2) is 0 Å². The van der Waals surface area contributed by atoms with Crippen molar-refractivity contribution in [1.82, 2.24) is 9.88 Å². The fourth-order valence-electron chi connectivity index (χ4n) is 1.43. The number of nitrogens with zero attached hydrogens (tertiary/aromatic N) is 2. The Morgan fingerprint density at radius 1 is 1.38 bits per heavy atom. The fraction of sp³-hybridized carbons (Fsp3) is 0.583. The smallest absolute Gasteiger partial charge is 0.228 e. The lowest BCUT2D eigenvalue weighted by atomic mass is 10.3. The maximum Gasteiger partial charge on any atom is 0.228 e. The highest BCUT2D eigenvalue weighted by Gasteiger charge is 2.05. The lowest BCUT2D eigenvalue weighted by Crippen LogP contribution is -2.28. The molecule has 1 aromatic rings. The van der Waals surface area contributed by atoms with Gasteiger partial charge in [0.25, 0.3) is 0 Å². The minimum absolute atomic E-state index is 0.677. The second-order valence-corrected chi connectivity index (χ2v) is 4.42. The fourth-order valence-corrected chi connectivity index (χ4v) is 1.78. The summed E-state index contributed by atoms with van der Waals surface area (Å²) in [5, 5.41) is 0. The van der Waals surface area contributed by atoms with E-state index in [0.717, 1.165) is 29.7 Å². The van der Waals surface area contributed by atoms with Crippen LogP contribution < -0.4 is 4.74 Å². The van der Waals surface area contributed by atoms with E-state index in [1.807, 2.05) is 13.0 Å². The molecule has 0 spiro atoms. The van der Waals surface area contributed by atoms with E-state index >= 15 is 0 Å². The molecular weight excluding hydrogens is 268 g/mol. The van der Waals surface area contributed by atoms with Gasteiger partial charge in [-0.25, -0.2) is 4.98 Å². The third-order valence-corrected chi connectivity index (χ3v) is 3.56. The van der Waals surface area contributed by atoms with Gasteiger partial charge in [-0.1, -0.05) is 13.8 Å². The molecule has 0 aliphatic carbocycles. The van der Waals surface area contributed by atoms with Crippen molar-refractivity contribution < 1.29 is 4.74 Å². The lowest BCUT2D eigenvalue weighted by Gasteiger charge is -2.18. The van der Waals surface area contributed by atoms with E-state index in [-0.39, 0.29) is 0 Å². The molecular formula is C12H19BrN2O. The number of hydrogen-bond acceptors (Lipinski definition) is 3. The third-order valence-electron chi connectivity index (χ3n) is 2.59. The number of rotatable bonds is 6. The first-order valence-electron chi connectivity index (χ1n) is 5.65. The molecule has 0 saturated carbocycles. The number of likely N-dealkylation sites (N-methyl/N-ethyl adjacent to an activating group) is 1. The van der Waals surface area contributed by atoms with Gasteiger partial charge in [-0.15, -0.1) is 0 Å². The Kier molecular flexibility index (Phi) is 5.77. The summed E-state index contributed by atoms with van der Waals surface area (Å²) in [6.45, 7) is 10.1. The number of pyridine rings is 1. The molecule has 0 saturated heterocycles. The molecule has 4 heteroatoms. The van der Waals surface area contributed by atoms with Gasteiger partial charge in [0.05, 0.1) is 4.47 Å². The van der Waals surface area contributed by atoms with Gasteiger partial charge in [-0.3, -0.25) is 0 Å². The van der Waals surface area contributed by atoms with Gasteiger partial charge in [-0.05, 0) is 47.6 Å². The van der Waals surface area contributed by atoms with Crippen LogP contribution in [0.15, 0.2) is 16.7 Å². The molecule has 16 heavy (non-hydrogen) atoms. The summed E-state index contributed by atoms with van der Waals surface area (Å²) in [4.78, 5) is 6.52. The summed E-state index contributed by atoms with van der Waals surface area (Å²) >= 11 is 3.48. The van der Waals surface area contributed by atoms with Crippen LogP contribution in [0.3, 0.4) is 0 Å². The lowest BCUT2D eigenvalue weighted by molar-refractivity contribution is 0.217. The molecule has 0 aliphatic rings. The molecule has 0 atom stereocenters.